The van der Waals surface area contributed by atoms with Gasteiger partial charge in [-0.2, -0.15) is 0 Å². The van der Waals surface area contributed by atoms with Crippen molar-refractivity contribution >= 4 is 23.5 Å². The lowest BCUT2D eigenvalue weighted by Gasteiger charge is -2.29. The molecule has 0 aliphatic carbocycles. The highest BCUT2D eigenvalue weighted by molar-refractivity contribution is 6.08. The molecule has 0 radical (unpaired) electrons. The first-order valence-corrected chi connectivity index (χ1v) is 12.2. The Hall–Kier alpha value is -3.55. The molecule has 0 bridgehead atoms. The fraction of sp³-hybridized carbons (Fsp3) is 0.444. The zero-order valence-electron chi connectivity index (χ0n) is 20.4. The van der Waals surface area contributed by atoms with Gasteiger partial charge in [-0.1, -0.05) is 49.6 Å². The number of unbranched alkanes of at least 4 members (excludes halogenated alkanes) is 4. The van der Waals surface area contributed by atoms with Gasteiger partial charge in [-0.05, 0) is 30.5 Å². The molecule has 2 aromatic rings. The number of hydrogen-bond acceptors (Lipinski definition) is 7. The van der Waals surface area contributed by atoms with E-state index < -0.39 is 0 Å². The Morgan fingerprint density at radius 3 is 2.54 bits per heavy atom. The van der Waals surface area contributed by atoms with Crippen molar-refractivity contribution in [1.29, 1.82) is 0 Å². The summed E-state index contributed by atoms with van der Waals surface area (Å²) in [6, 6.07) is 13.5. The van der Waals surface area contributed by atoms with E-state index in [4.69, 9.17) is 19.2 Å². The number of carbonyl (C=O) groups is 2. The fourth-order valence-electron chi connectivity index (χ4n) is 4.48. The number of hydrogen-bond donors (Lipinski definition) is 1. The minimum Gasteiger partial charge on any atom is -0.492 e. The molecule has 1 atom stereocenters. The first-order valence-electron chi connectivity index (χ1n) is 12.2. The van der Waals surface area contributed by atoms with Crippen LogP contribution in [0.1, 0.15) is 50.2 Å². The van der Waals surface area contributed by atoms with Crippen LogP contribution in [0.3, 0.4) is 0 Å². The van der Waals surface area contributed by atoms with Gasteiger partial charge in [0, 0.05) is 18.9 Å². The van der Waals surface area contributed by atoms with Crippen LogP contribution in [0.4, 0.5) is 5.69 Å². The molecule has 1 amide bonds. The normalized spacial score (nSPS) is 16.2. The molecule has 0 aromatic heterocycles. The number of rotatable bonds is 12. The number of benzene rings is 2. The predicted molar refractivity (Wildman–Crippen MR) is 133 cm³/mol. The SMILES string of the molecule is COc1c(OCCCCCCCOC(C)=O)ccc2c1CN1C(=N2)NC(=O)C1Cc1ccccc1. The maximum Gasteiger partial charge on any atom is 0.302 e. The second-order valence-corrected chi connectivity index (χ2v) is 8.81. The van der Waals surface area contributed by atoms with Crippen molar-refractivity contribution in [2.45, 2.75) is 58.0 Å². The molecule has 4 rings (SSSR count). The Labute approximate surface area is 206 Å². The van der Waals surface area contributed by atoms with Crippen LogP contribution in [0.25, 0.3) is 0 Å². The minimum absolute atomic E-state index is 0.0382. The molecule has 8 nitrogen and oxygen atoms in total. The lowest BCUT2D eigenvalue weighted by atomic mass is 10.0. The number of fused-ring (bicyclic) bond motifs is 2. The van der Waals surface area contributed by atoms with Crippen LogP contribution in [0.15, 0.2) is 47.5 Å². The zero-order valence-corrected chi connectivity index (χ0v) is 20.4. The standard InChI is InChI=1S/C27H33N3O5/c1-19(31)34-15-9-4-3-5-10-16-35-24-14-13-22-21(25(24)33-2)18-30-23(26(32)29-27(30)28-22)17-20-11-7-6-8-12-20/h6-8,11-14,23H,3-5,9-10,15-18H2,1-2H3,(H,28,29,32). The Bertz CT molecular complexity index is 1070. The van der Waals surface area contributed by atoms with Gasteiger partial charge in [-0.25, -0.2) is 4.99 Å². The third-order valence-corrected chi connectivity index (χ3v) is 6.27. The minimum atomic E-state index is -0.320. The quantitative estimate of drug-likeness (QED) is 0.364. The van der Waals surface area contributed by atoms with E-state index >= 15 is 0 Å². The molecule has 186 valence electrons. The maximum atomic E-state index is 12.7. The summed E-state index contributed by atoms with van der Waals surface area (Å²) in [4.78, 5) is 30.2. The van der Waals surface area contributed by atoms with Crippen molar-refractivity contribution < 1.29 is 23.8 Å². The van der Waals surface area contributed by atoms with Crippen LogP contribution in [0.2, 0.25) is 0 Å². The van der Waals surface area contributed by atoms with Crippen LogP contribution in [0.5, 0.6) is 11.5 Å². The number of nitrogens with zero attached hydrogens (tertiary/aromatic N) is 2. The van der Waals surface area contributed by atoms with Crippen molar-refractivity contribution in [2.24, 2.45) is 4.99 Å². The van der Waals surface area contributed by atoms with Crippen LogP contribution < -0.4 is 14.8 Å². The number of esters is 1. The Kier molecular flexibility index (Phi) is 8.23. The Morgan fingerprint density at radius 2 is 1.80 bits per heavy atom. The van der Waals surface area contributed by atoms with Gasteiger partial charge in [-0.3, -0.25) is 14.9 Å². The summed E-state index contributed by atoms with van der Waals surface area (Å²) >= 11 is 0. The molecule has 1 unspecified atom stereocenters. The number of ether oxygens (including phenoxy) is 3. The predicted octanol–water partition coefficient (Wildman–Crippen LogP) is 4.13. The van der Waals surface area contributed by atoms with Gasteiger partial charge in [0.15, 0.2) is 11.5 Å². The lowest BCUT2D eigenvalue weighted by molar-refractivity contribution is -0.141. The number of amides is 1. The largest absolute Gasteiger partial charge is 0.492 e. The van der Waals surface area contributed by atoms with E-state index in [0.717, 1.165) is 48.9 Å². The highest BCUT2D eigenvalue weighted by atomic mass is 16.5. The lowest BCUT2D eigenvalue weighted by Crippen LogP contribution is -2.38. The summed E-state index contributed by atoms with van der Waals surface area (Å²) in [6.45, 7) is 3.04. The van der Waals surface area contributed by atoms with Gasteiger partial charge < -0.3 is 19.1 Å². The van der Waals surface area contributed by atoms with E-state index in [1.807, 2.05) is 47.4 Å². The average Bonchev–Trinajstić information content (AvgIpc) is 3.15. The third kappa shape index (κ3) is 6.12. The number of carbonyl (C=O) groups excluding carboxylic acids is 2. The van der Waals surface area contributed by atoms with E-state index in [-0.39, 0.29) is 17.9 Å². The van der Waals surface area contributed by atoms with Gasteiger partial charge in [0.25, 0.3) is 0 Å². The summed E-state index contributed by atoms with van der Waals surface area (Å²) in [7, 11) is 1.64. The van der Waals surface area contributed by atoms with E-state index in [1.54, 1.807) is 7.11 Å². The Balaban J connectivity index is 1.34. The van der Waals surface area contributed by atoms with E-state index in [9.17, 15) is 9.59 Å². The molecule has 2 aliphatic heterocycles. The van der Waals surface area contributed by atoms with Crippen LogP contribution >= 0.6 is 0 Å². The van der Waals surface area contributed by atoms with Gasteiger partial charge in [0.2, 0.25) is 11.9 Å². The topological polar surface area (TPSA) is 89.5 Å². The molecule has 35 heavy (non-hydrogen) atoms. The zero-order chi connectivity index (χ0) is 24.6. The van der Waals surface area contributed by atoms with Crippen molar-refractivity contribution in [1.82, 2.24) is 10.2 Å². The highest BCUT2D eigenvalue weighted by Gasteiger charge is 2.40. The van der Waals surface area contributed by atoms with Crippen LogP contribution in [0, 0.1) is 0 Å². The second-order valence-electron chi connectivity index (χ2n) is 8.81. The monoisotopic (exact) mass is 479 g/mol. The van der Waals surface area contributed by atoms with E-state index in [2.05, 4.69) is 5.32 Å². The van der Waals surface area contributed by atoms with Crippen LogP contribution in [-0.2, 0) is 27.3 Å². The summed E-state index contributed by atoms with van der Waals surface area (Å²) < 4.78 is 16.8. The molecule has 2 aliphatic rings. The number of guanidine groups is 1. The van der Waals surface area contributed by atoms with E-state index in [0.29, 0.717) is 43.6 Å². The van der Waals surface area contributed by atoms with Gasteiger partial charge in [-0.15, -0.1) is 0 Å². The third-order valence-electron chi connectivity index (χ3n) is 6.27. The smallest absolute Gasteiger partial charge is 0.302 e. The molecule has 8 heteroatoms. The van der Waals surface area contributed by atoms with Crippen molar-refractivity contribution in [3.63, 3.8) is 0 Å². The fourth-order valence-corrected chi connectivity index (χ4v) is 4.48. The van der Waals surface area contributed by atoms with Gasteiger partial charge in [0.05, 0.1) is 32.6 Å². The number of aliphatic imine (C=N–C) groups is 1. The Morgan fingerprint density at radius 1 is 1.06 bits per heavy atom. The summed E-state index contributed by atoms with van der Waals surface area (Å²) in [5.41, 5.74) is 2.82. The molecule has 0 spiro atoms. The van der Waals surface area contributed by atoms with E-state index in [1.165, 1.54) is 6.92 Å². The first-order chi connectivity index (χ1) is 17.1. The first kappa shape index (κ1) is 24.6. The summed E-state index contributed by atoms with van der Waals surface area (Å²) in [5.74, 6) is 1.69. The molecule has 0 saturated carbocycles. The molecular formula is C27H33N3O5. The second kappa shape index (κ2) is 11.7. The van der Waals surface area contributed by atoms with Crippen molar-refractivity contribution in [2.75, 3.05) is 20.3 Å². The van der Waals surface area contributed by atoms with Crippen LogP contribution in [-0.4, -0.2) is 49.1 Å². The molecule has 1 N–H and O–H groups in total. The average molecular weight is 480 g/mol. The summed E-state index contributed by atoms with van der Waals surface area (Å²) in [5, 5.41) is 2.93. The van der Waals surface area contributed by atoms with Crippen molar-refractivity contribution in [3.8, 4) is 11.5 Å². The molecule has 1 fully saturated rings. The number of nitrogens with one attached hydrogen (secondary N) is 1. The maximum absolute atomic E-state index is 12.7. The molecule has 1 saturated heterocycles. The molecular weight excluding hydrogens is 446 g/mol. The highest BCUT2D eigenvalue weighted by Crippen LogP contribution is 2.41. The molecule has 2 aromatic carbocycles. The molecule has 2 heterocycles. The summed E-state index contributed by atoms with van der Waals surface area (Å²) in [6.07, 6.45) is 5.58. The van der Waals surface area contributed by atoms with Gasteiger partial charge >= 0.3 is 5.97 Å². The van der Waals surface area contributed by atoms with Crippen molar-refractivity contribution in [3.05, 3.63) is 53.6 Å². The number of methoxy groups -OCH3 is 1. The van der Waals surface area contributed by atoms with Gasteiger partial charge in [0.1, 0.15) is 6.04 Å².